The maximum absolute atomic E-state index is 5.84. The van der Waals surface area contributed by atoms with Gasteiger partial charge in [-0.15, -0.1) is 0 Å². The predicted octanol–water partition coefficient (Wildman–Crippen LogP) is 3.89. The number of nitrogens with zero attached hydrogens (tertiary/aromatic N) is 1. The fourth-order valence-corrected chi connectivity index (χ4v) is 4.32. The molecule has 1 fully saturated rings. The summed E-state index contributed by atoms with van der Waals surface area (Å²) in [7, 11) is 1.76. The fraction of sp³-hybridized carbons (Fsp3) is 0.250. The van der Waals surface area contributed by atoms with E-state index in [-0.39, 0.29) is 0 Å². The first-order valence-corrected chi connectivity index (χ1v) is 9.57. The SMILES string of the molecule is COc1ccccc1C(c1ccccc1)(c1ccccc1)N1CCNCC1. The molecule has 0 spiro atoms. The Bertz CT molecular complexity index is 818. The predicted molar refractivity (Wildman–Crippen MR) is 110 cm³/mol. The molecule has 3 nitrogen and oxygen atoms in total. The lowest BCUT2D eigenvalue weighted by Crippen LogP contribution is -2.55. The van der Waals surface area contributed by atoms with Gasteiger partial charge in [-0.3, -0.25) is 4.90 Å². The number of benzene rings is 3. The molecule has 0 atom stereocenters. The Morgan fingerprint density at radius 3 is 1.81 bits per heavy atom. The molecule has 4 rings (SSSR count). The summed E-state index contributed by atoms with van der Waals surface area (Å²) < 4.78 is 5.84. The second kappa shape index (κ2) is 7.95. The number of hydrogen-bond donors (Lipinski definition) is 1. The number of rotatable bonds is 5. The van der Waals surface area contributed by atoms with Crippen LogP contribution in [-0.4, -0.2) is 38.2 Å². The molecule has 1 aliphatic rings. The summed E-state index contributed by atoms with van der Waals surface area (Å²) in [5, 5.41) is 3.50. The van der Waals surface area contributed by atoms with Crippen LogP contribution in [-0.2, 0) is 5.54 Å². The zero-order valence-electron chi connectivity index (χ0n) is 15.8. The average molecular weight is 358 g/mol. The van der Waals surface area contributed by atoms with E-state index in [4.69, 9.17) is 4.74 Å². The molecule has 0 amide bonds. The average Bonchev–Trinajstić information content (AvgIpc) is 2.77. The molecule has 138 valence electrons. The molecule has 0 aliphatic carbocycles. The van der Waals surface area contributed by atoms with Crippen molar-refractivity contribution in [3.8, 4) is 5.75 Å². The van der Waals surface area contributed by atoms with Crippen molar-refractivity contribution in [3.63, 3.8) is 0 Å². The van der Waals surface area contributed by atoms with Crippen molar-refractivity contribution >= 4 is 0 Å². The smallest absolute Gasteiger partial charge is 0.124 e. The summed E-state index contributed by atoms with van der Waals surface area (Å²) in [6.07, 6.45) is 0. The highest BCUT2D eigenvalue weighted by atomic mass is 16.5. The van der Waals surface area contributed by atoms with Crippen LogP contribution in [0.4, 0.5) is 0 Å². The first kappa shape index (κ1) is 17.8. The van der Waals surface area contributed by atoms with Crippen LogP contribution < -0.4 is 10.1 Å². The number of nitrogens with one attached hydrogen (secondary N) is 1. The van der Waals surface area contributed by atoms with E-state index in [1.807, 2.05) is 6.07 Å². The van der Waals surface area contributed by atoms with Crippen LogP contribution >= 0.6 is 0 Å². The normalized spacial score (nSPS) is 15.4. The van der Waals surface area contributed by atoms with Gasteiger partial charge in [0.25, 0.3) is 0 Å². The third kappa shape index (κ3) is 3.14. The van der Waals surface area contributed by atoms with Crippen molar-refractivity contribution in [2.45, 2.75) is 5.54 Å². The van der Waals surface area contributed by atoms with Crippen LogP contribution in [0.2, 0.25) is 0 Å². The molecule has 1 heterocycles. The van der Waals surface area contributed by atoms with Gasteiger partial charge in [-0.25, -0.2) is 0 Å². The number of piperazine rings is 1. The summed E-state index contributed by atoms with van der Waals surface area (Å²) >= 11 is 0. The molecule has 3 aromatic rings. The van der Waals surface area contributed by atoms with Gasteiger partial charge in [-0.05, 0) is 17.2 Å². The van der Waals surface area contributed by atoms with Gasteiger partial charge in [0, 0.05) is 31.7 Å². The lowest BCUT2D eigenvalue weighted by atomic mass is 9.74. The molecule has 0 saturated carbocycles. The Morgan fingerprint density at radius 1 is 0.741 bits per heavy atom. The quantitative estimate of drug-likeness (QED) is 0.700. The summed E-state index contributed by atoms with van der Waals surface area (Å²) in [5.74, 6) is 0.920. The summed E-state index contributed by atoms with van der Waals surface area (Å²) in [5.41, 5.74) is 3.33. The van der Waals surface area contributed by atoms with Crippen molar-refractivity contribution in [2.24, 2.45) is 0 Å². The van der Waals surface area contributed by atoms with Crippen LogP contribution in [0.3, 0.4) is 0 Å². The molecule has 0 unspecified atom stereocenters. The van der Waals surface area contributed by atoms with Crippen LogP contribution in [0.15, 0.2) is 84.9 Å². The second-order valence-corrected chi connectivity index (χ2v) is 6.88. The molecule has 3 aromatic carbocycles. The van der Waals surface area contributed by atoms with E-state index in [0.717, 1.165) is 31.9 Å². The lowest BCUT2D eigenvalue weighted by molar-refractivity contribution is 0.134. The topological polar surface area (TPSA) is 24.5 Å². The Balaban J connectivity index is 2.06. The highest BCUT2D eigenvalue weighted by Crippen LogP contribution is 2.45. The Morgan fingerprint density at radius 2 is 1.26 bits per heavy atom. The lowest BCUT2D eigenvalue weighted by Gasteiger charge is -2.47. The minimum absolute atomic E-state index is 0.392. The molecule has 0 radical (unpaired) electrons. The maximum atomic E-state index is 5.84. The van der Waals surface area contributed by atoms with Crippen molar-refractivity contribution in [1.29, 1.82) is 0 Å². The molecule has 1 N–H and O–H groups in total. The van der Waals surface area contributed by atoms with Gasteiger partial charge < -0.3 is 10.1 Å². The van der Waals surface area contributed by atoms with E-state index in [1.54, 1.807) is 7.11 Å². The zero-order chi connectivity index (χ0) is 18.5. The summed E-state index contributed by atoms with van der Waals surface area (Å²) in [6.45, 7) is 3.91. The van der Waals surface area contributed by atoms with Gasteiger partial charge in [0.05, 0.1) is 7.11 Å². The molecular formula is C24H26N2O. The first-order valence-electron chi connectivity index (χ1n) is 9.57. The van der Waals surface area contributed by atoms with Crippen molar-refractivity contribution in [1.82, 2.24) is 10.2 Å². The van der Waals surface area contributed by atoms with Crippen LogP contribution in [0, 0.1) is 0 Å². The third-order valence-electron chi connectivity index (χ3n) is 5.47. The van der Waals surface area contributed by atoms with Gasteiger partial charge in [0.2, 0.25) is 0 Å². The maximum Gasteiger partial charge on any atom is 0.124 e. The van der Waals surface area contributed by atoms with E-state index in [9.17, 15) is 0 Å². The van der Waals surface area contributed by atoms with Crippen LogP contribution in [0.1, 0.15) is 16.7 Å². The second-order valence-electron chi connectivity index (χ2n) is 6.88. The van der Waals surface area contributed by atoms with Crippen molar-refractivity contribution in [2.75, 3.05) is 33.3 Å². The highest BCUT2D eigenvalue weighted by molar-refractivity contribution is 5.54. The first-order chi connectivity index (χ1) is 13.4. The molecule has 0 bridgehead atoms. The standard InChI is InChI=1S/C24H26N2O/c1-27-23-15-9-8-14-22(23)24(20-10-4-2-5-11-20,21-12-6-3-7-13-21)26-18-16-25-17-19-26/h2-15,25H,16-19H2,1H3. The van der Waals surface area contributed by atoms with Crippen molar-refractivity contribution in [3.05, 3.63) is 102 Å². The highest BCUT2D eigenvalue weighted by Gasteiger charge is 2.44. The van der Waals surface area contributed by atoms with Crippen LogP contribution in [0.5, 0.6) is 5.75 Å². The van der Waals surface area contributed by atoms with Crippen LogP contribution in [0.25, 0.3) is 0 Å². The number of methoxy groups -OCH3 is 1. The van der Waals surface area contributed by atoms with E-state index in [2.05, 4.69) is 89.1 Å². The Kier molecular flexibility index (Phi) is 5.23. The largest absolute Gasteiger partial charge is 0.496 e. The minimum Gasteiger partial charge on any atom is -0.496 e. The monoisotopic (exact) mass is 358 g/mol. The number of para-hydroxylation sites is 1. The fourth-order valence-electron chi connectivity index (χ4n) is 4.32. The van der Waals surface area contributed by atoms with E-state index in [1.165, 1.54) is 16.7 Å². The molecule has 27 heavy (non-hydrogen) atoms. The van der Waals surface area contributed by atoms with Gasteiger partial charge in [-0.2, -0.15) is 0 Å². The molecule has 3 heteroatoms. The molecule has 1 aliphatic heterocycles. The summed E-state index contributed by atoms with van der Waals surface area (Å²) in [6, 6.07) is 30.1. The van der Waals surface area contributed by atoms with E-state index in [0.29, 0.717) is 0 Å². The Hall–Kier alpha value is -2.62. The third-order valence-corrected chi connectivity index (χ3v) is 5.47. The summed E-state index contributed by atoms with van der Waals surface area (Å²) in [4.78, 5) is 2.59. The minimum atomic E-state index is -0.392. The van der Waals surface area contributed by atoms with E-state index >= 15 is 0 Å². The number of hydrogen-bond acceptors (Lipinski definition) is 3. The Labute approximate surface area is 161 Å². The van der Waals surface area contributed by atoms with Gasteiger partial charge >= 0.3 is 0 Å². The van der Waals surface area contributed by atoms with E-state index < -0.39 is 5.54 Å². The zero-order valence-corrected chi connectivity index (χ0v) is 15.8. The number of ether oxygens (including phenoxy) is 1. The van der Waals surface area contributed by atoms with Gasteiger partial charge in [0.1, 0.15) is 11.3 Å². The van der Waals surface area contributed by atoms with Crippen molar-refractivity contribution < 1.29 is 4.74 Å². The van der Waals surface area contributed by atoms with Gasteiger partial charge in [-0.1, -0.05) is 78.9 Å². The van der Waals surface area contributed by atoms with Gasteiger partial charge in [0.15, 0.2) is 0 Å². The molecule has 0 aromatic heterocycles. The molecular weight excluding hydrogens is 332 g/mol. The molecule has 1 saturated heterocycles.